The Kier molecular flexibility index (Phi) is 38.6. The summed E-state index contributed by atoms with van der Waals surface area (Å²) in [5.74, 6) is -0.801. The molecule has 0 heterocycles. The number of hydrogen-bond donors (Lipinski definition) is 1. The van der Waals surface area contributed by atoms with E-state index in [2.05, 4.69) is 30.5 Å². The van der Waals surface area contributed by atoms with Crippen LogP contribution in [0, 0.1) is 0 Å². The van der Waals surface area contributed by atoms with E-state index < -0.39 is 26.5 Å². The fraction of sp³-hybridized carbons (Fsp3) is 0.907. The van der Waals surface area contributed by atoms with E-state index in [-0.39, 0.29) is 19.0 Å². The van der Waals surface area contributed by atoms with Gasteiger partial charge in [-0.25, -0.2) is 4.57 Å². The first-order valence-electron chi connectivity index (χ1n) is 21.9. The predicted molar refractivity (Wildman–Crippen MR) is 216 cm³/mol. The van der Waals surface area contributed by atoms with Crippen LogP contribution in [0.15, 0.2) is 12.2 Å². The van der Waals surface area contributed by atoms with Crippen LogP contribution in [0.3, 0.4) is 0 Å². The average Bonchev–Trinajstić information content (AvgIpc) is 3.13. The van der Waals surface area contributed by atoms with Crippen LogP contribution in [0.2, 0.25) is 0 Å². The molecule has 2 atom stereocenters. The van der Waals surface area contributed by atoms with E-state index >= 15 is 0 Å². The largest absolute Gasteiger partial charge is 0.472 e. The van der Waals surface area contributed by atoms with Gasteiger partial charge in [0.05, 0.1) is 6.61 Å². The van der Waals surface area contributed by atoms with Crippen molar-refractivity contribution in [3.05, 3.63) is 12.2 Å². The molecule has 52 heavy (non-hydrogen) atoms. The monoisotopic (exact) mass is 759 g/mol. The van der Waals surface area contributed by atoms with Crippen molar-refractivity contribution in [1.29, 1.82) is 0 Å². The average molecular weight is 759 g/mol. The van der Waals surface area contributed by atoms with E-state index in [1.165, 1.54) is 141 Å². The Hall–Kier alpha value is -1.21. The molecule has 0 bridgehead atoms. The van der Waals surface area contributed by atoms with Crippen molar-refractivity contribution < 1.29 is 37.6 Å². The topological polar surface area (TPSA) is 108 Å². The molecule has 8 nitrogen and oxygen atoms in total. The summed E-state index contributed by atoms with van der Waals surface area (Å²) < 4.78 is 32.0. The molecule has 0 amide bonds. The molecule has 2 unspecified atom stereocenters. The molecule has 9 heteroatoms. The highest BCUT2D eigenvalue weighted by Gasteiger charge is 2.24. The summed E-state index contributed by atoms with van der Waals surface area (Å²) >= 11 is 0. The number of ether oxygens (including phenoxy) is 2. The lowest BCUT2D eigenvalue weighted by Crippen LogP contribution is -2.29. The summed E-state index contributed by atoms with van der Waals surface area (Å²) in [7, 11) is -3.19. The molecule has 0 aliphatic carbocycles. The van der Waals surface area contributed by atoms with Gasteiger partial charge >= 0.3 is 19.8 Å². The Morgan fingerprint density at radius 2 is 0.865 bits per heavy atom. The number of carbonyl (C=O) groups excluding carboxylic acids is 2. The first-order chi connectivity index (χ1) is 25.3. The predicted octanol–water partition coefficient (Wildman–Crippen LogP) is 13.7. The molecule has 0 aromatic heterocycles. The summed E-state index contributed by atoms with van der Waals surface area (Å²) in [4.78, 5) is 34.5. The lowest BCUT2D eigenvalue weighted by Gasteiger charge is -2.19. The van der Waals surface area contributed by atoms with Gasteiger partial charge in [-0.3, -0.25) is 18.6 Å². The van der Waals surface area contributed by atoms with Gasteiger partial charge in [0.15, 0.2) is 6.10 Å². The standard InChI is InChI=1S/C43H83O8P/c1-4-6-8-10-12-14-16-18-20-21-22-24-25-27-29-31-33-35-37-42(44)49-39-41(40-50-52(46,47)48-3)51-43(45)38-36-34-32-30-28-26-23-19-17-15-13-11-9-7-5-2/h19,23,41H,4-18,20-22,24-40H2,1-3H3,(H,46,47)/b23-19-. The Bertz CT molecular complexity index is 864. The van der Waals surface area contributed by atoms with Gasteiger partial charge in [-0.15, -0.1) is 0 Å². The number of carbonyl (C=O) groups is 2. The normalized spacial score (nSPS) is 13.4. The second-order valence-electron chi connectivity index (χ2n) is 14.8. The van der Waals surface area contributed by atoms with Crippen molar-refractivity contribution in [3.8, 4) is 0 Å². The van der Waals surface area contributed by atoms with Crippen molar-refractivity contribution in [2.24, 2.45) is 0 Å². The number of allylic oxidation sites excluding steroid dienone is 2. The highest BCUT2D eigenvalue weighted by atomic mass is 31.2. The van der Waals surface area contributed by atoms with Gasteiger partial charge in [-0.2, -0.15) is 0 Å². The molecule has 0 saturated carbocycles. The van der Waals surface area contributed by atoms with Crippen LogP contribution in [-0.4, -0.2) is 43.3 Å². The highest BCUT2D eigenvalue weighted by Crippen LogP contribution is 2.42. The molecule has 0 aliphatic rings. The van der Waals surface area contributed by atoms with Gasteiger partial charge in [0, 0.05) is 20.0 Å². The Balaban J connectivity index is 3.95. The van der Waals surface area contributed by atoms with Crippen molar-refractivity contribution in [2.75, 3.05) is 20.3 Å². The van der Waals surface area contributed by atoms with Crippen molar-refractivity contribution >= 4 is 19.8 Å². The number of hydrogen-bond acceptors (Lipinski definition) is 7. The zero-order valence-electron chi connectivity index (χ0n) is 34.2. The van der Waals surface area contributed by atoms with Crippen LogP contribution in [0.25, 0.3) is 0 Å². The third-order valence-electron chi connectivity index (χ3n) is 9.76. The molecule has 0 aromatic rings. The maximum absolute atomic E-state index is 12.5. The van der Waals surface area contributed by atoms with E-state index in [0.717, 1.165) is 58.5 Å². The lowest BCUT2D eigenvalue weighted by molar-refractivity contribution is -0.161. The van der Waals surface area contributed by atoms with Crippen molar-refractivity contribution in [1.82, 2.24) is 0 Å². The summed E-state index contributed by atoms with van der Waals surface area (Å²) in [5, 5.41) is 0. The van der Waals surface area contributed by atoms with E-state index in [4.69, 9.17) is 14.0 Å². The summed E-state index contributed by atoms with van der Waals surface area (Å²) in [5.41, 5.74) is 0. The second kappa shape index (κ2) is 39.5. The van der Waals surface area contributed by atoms with E-state index in [9.17, 15) is 19.0 Å². The van der Waals surface area contributed by atoms with Crippen molar-refractivity contribution in [3.63, 3.8) is 0 Å². The van der Waals surface area contributed by atoms with Crippen molar-refractivity contribution in [2.45, 2.75) is 232 Å². The smallest absolute Gasteiger partial charge is 0.462 e. The number of unbranched alkanes of at least 4 members (excludes halogenated alkanes) is 28. The lowest BCUT2D eigenvalue weighted by atomic mass is 10.0. The molecule has 0 aromatic carbocycles. The molecular weight excluding hydrogens is 675 g/mol. The fourth-order valence-electron chi connectivity index (χ4n) is 6.36. The Morgan fingerprint density at radius 1 is 0.519 bits per heavy atom. The van der Waals surface area contributed by atoms with E-state index in [0.29, 0.717) is 12.8 Å². The first kappa shape index (κ1) is 50.8. The van der Waals surface area contributed by atoms with Gasteiger partial charge in [-0.1, -0.05) is 187 Å². The maximum Gasteiger partial charge on any atom is 0.472 e. The minimum absolute atomic E-state index is 0.223. The number of phosphoric ester groups is 1. The van der Waals surface area contributed by atoms with Gasteiger partial charge < -0.3 is 14.4 Å². The molecule has 1 N–H and O–H groups in total. The molecule has 0 rings (SSSR count). The minimum Gasteiger partial charge on any atom is -0.462 e. The van der Waals surface area contributed by atoms with Crippen LogP contribution in [-0.2, 0) is 32.7 Å². The number of esters is 2. The fourth-order valence-corrected chi connectivity index (χ4v) is 6.82. The molecule has 0 saturated heterocycles. The number of rotatable bonds is 41. The quantitative estimate of drug-likeness (QED) is 0.0284. The van der Waals surface area contributed by atoms with Gasteiger partial charge in [0.2, 0.25) is 0 Å². The zero-order valence-corrected chi connectivity index (χ0v) is 35.1. The first-order valence-corrected chi connectivity index (χ1v) is 23.4. The van der Waals surface area contributed by atoms with E-state index in [1.807, 2.05) is 0 Å². The van der Waals surface area contributed by atoms with Crippen LogP contribution < -0.4 is 0 Å². The molecule has 0 spiro atoms. The Morgan fingerprint density at radius 3 is 1.25 bits per heavy atom. The minimum atomic E-state index is -4.26. The molecule has 308 valence electrons. The molecule has 0 radical (unpaired) electrons. The second-order valence-corrected chi connectivity index (χ2v) is 16.4. The summed E-state index contributed by atoms with van der Waals surface area (Å²) in [6, 6.07) is 0. The maximum atomic E-state index is 12.5. The number of phosphoric acid groups is 1. The summed E-state index contributed by atoms with van der Waals surface area (Å²) in [6.45, 7) is 3.90. The zero-order chi connectivity index (χ0) is 38.2. The van der Waals surface area contributed by atoms with Crippen LogP contribution >= 0.6 is 7.82 Å². The van der Waals surface area contributed by atoms with Gasteiger partial charge in [0.25, 0.3) is 0 Å². The van der Waals surface area contributed by atoms with Crippen LogP contribution in [0.1, 0.15) is 226 Å². The molecular formula is C43H83O8P. The molecule has 0 aliphatic heterocycles. The highest BCUT2D eigenvalue weighted by molar-refractivity contribution is 7.47. The Labute approximate surface area is 320 Å². The molecule has 0 fully saturated rings. The van der Waals surface area contributed by atoms with Gasteiger partial charge in [0.1, 0.15) is 6.61 Å². The van der Waals surface area contributed by atoms with Crippen LogP contribution in [0.4, 0.5) is 0 Å². The SMILES string of the molecule is CCCCCCCC/C=C\CCCCCCCC(=O)OC(COC(=O)CCCCCCCCCCCCCCCCCCCC)COP(=O)(O)OC. The van der Waals surface area contributed by atoms with E-state index in [1.54, 1.807) is 0 Å². The van der Waals surface area contributed by atoms with Crippen LogP contribution in [0.5, 0.6) is 0 Å². The van der Waals surface area contributed by atoms with Gasteiger partial charge in [-0.05, 0) is 38.5 Å². The third kappa shape index (κ3) is 38.5. The summed E-state index contributed by atoms with van der Waals surface area (Å²) in [6.07, 6.45) is 42.6. The third-order valence-corrected chi connectivity index (χ3v) is 10.7.